The second kappa shape index (κ2) is 4.04. The largest absolute Gasteiger partial charge is 0.409 e. The molecule has 0 aliphatic carbocycles. The predicted molar refractivity (Wildman–Crippen MR) is 43.8 cm³/mol. The number of carbonyl (C=O) groups is 1. The predicted octanol–water partition coefficient (Wildman–Crippen LogP) is 2.38. The minimum absolute atomic E-state index is 0.0949. The number of aromatic nitrogens is 1. The first kappa shape index (κ1) is 10.4. The van der Waals surface area contributed by atoms with Crippen LogP contribution in [0, 0.1) is 0 Å². The van der Waals surface area contributed by atoms with Crippen LogP contribution in [0.4, 0.5) is 13.2 Å². The molecule has 1 aromatic rings. The van der Waals surface area contributed by atoms with E-state index in [4.69, 9.17) is 0 Å². The van der Waals surface area contributed by atoms with E-state index < -0.39 is 12.0 Å². The highest BCUT2D eigenvalue weighted by atomic mass is 19.4. The Bertz CT molecular complexity index is 343. The Morgan fingerprint density at radius 3 is 2.64 bits per heavy atom. The molecule has 5 heteroatoms. The summed E-state index contributed by atoms with van der Waals surface area (Å²) in [5.41, 5.74) is 0.132. The van der Waals surface area contributed by atoms with Gasteiger partial charge in [0, 0.05) is 24.0 Å². The van der Waals surface area contributed by atoms with Gasteiger partial charge in [-0.2, -0.15) is 13.2 Å². The van der Waals surface area contributed by atoms with Crippen molar-refractivity contribution in [3.05, 3.63) is 42.2 Å². The van der Waals surface area contributed by atoms with Crippen LogP contribution in [0.5, 0.6) is 0 Å². The summed E-state index contributed by atoms with van der Waals surface area (Å²) in [5.74, 6) is -0.713. The summed E-state index contributed by atoms with van der Waals surface area (Å²) >= 11 is 0. The van der Waals surface area contributed by atoms with Crippen LogP contribution < -0.4 is 0 Å². The van der Waals surface area contributed by atoms with Crippen molar-refractivity contribution in [2.24, 2.45) is 0 Å². The highest BCUT2D eigenvalue weighted by molar-refractivity contribution is 6.04. The number of allylic oxidation sites excluding steroid dienone is 2. The summed E-state index contributed by atoms with van der Waals surface area (Å²) < 4.78 is 35.0. The highest BCUT2D eigenvalue weighted by Crippen LogP contribution is 2.16. The molecular formula is C9H6F3NO. The molecule has 0 atom stereocenters. The van der Waals surface area contributed by atoms with Gasteiger partial charge in [-0.05, 0) is 18.2 Å². The fourth-order valence-corrected chi connectivity index (χ4v) is 0.775. The second-order valence-corrected chi connectivity index (χ2v) is 2.48. The lowest BCUT2D eigenvalue weighted by atomic mass is 10.2. The maximum absolute atomic E-state index is 11.7. The molecule has 1 rings (SSSR count). The molecule has 0 fully saturated rings. The lowest BCUT2D eigenvalue weighted by Gasteiger charge is -1.97. The lowest BCUT2D eigenvalue weighted by molar-refractivity contribution is -0.0799. The van der Waals surface area contributed by atoms with E-state index in [0.29, 0.717) is 6.08 Å². The molecule has 0 radical (unpaired) electrons. The van der Waals surface area contributed by atoms with Crippen molar-refractivity contribution in [2.45, 2.75) is 6.18 Å². The standard InChI is InChI=1S/C9H6F3NO/c10-9(11,12)4-3-8(14)7-2-1-5-13-6-7/h1-6H/b4-3+. The van der Waals surface area contributed by atoms with Gasteiger partial charge >= 0.3 is 6.18 Å². The molecule has 74 valence electrons. The average molecular weight is 201 g/mol. The smallest absolute Gasteiger partial charge is 0.289 e. The summed E-state index contributed by atoms with van der Waals surface area (Å²) in [5, 5.41) is 0. The van der Waals surface area contributed by atoms with Crippen molar-refractivity contribution >= 4 is 5.78 Å². The molecule has 0 amide bonds. The van der Waals surface area contributed by atoms with Crippen molar-refractivity contribution in [1.29, 1.82) is 0 Å². The first-order valence-corrected chi connectivity index (χ1v) is 3.69. The number of rotatable bonds is 2. The molecule has 0 saturated heterocycles. The molecule has 0 spiro atoms. The molecule has 0 saturated carbocycles. The Kier molecular flexibility index (Phi) is 3.01. The van der Waals surface area contributed by atoms with Gasteiger partial charge in [-0.1, -0.05) is 0 Å². The van der Waals surface area contributed by atoms with Crippen LogP contribution in [0.25, 0.3) is 0 Å². The van der Waals surface area contributed by atoms with Crippen molar-refractivity contribution in [1.82, 2.24) is 4.98 Å². The zero-order valence-electron chi connectivity index (χ0n) is 6.95. The number of nitrogens with zero attached hydrogens (tertiary/aromatic N) is 1. The van der Waals surface area contributed by atoms with Gasteiger partial charge in [-0.15, -0.1) is 0 Å². The topological polar surface area (TPSA) is 30.0 Å². The number of hydrogen-bond acceptors (Lipinski definition) is 2. The first-order valence-electron chi connectivity index (χ1n) is 3.69. The number of pyridine rings is 1. The van der Waals surface area contributed by atoms with Crippen LogP contribution in [0.3, 0.4) is 0 Å². The lowest BCUT2D eigenvalue weighted by Crippen LogP contribution is -2.03. The number of ketones is 1. The fraction of sp³-hybridized carbons (Fsp3) is 0.111. The van der Waals surface area contributed by atoms with Gasteiger partial charge in [0.1, 0.15) is 0 Å². The average Bonchev–Trinajstić information content (AvgIpc) is 2.14. The summed E-state index contributed by atoms with van der Waals surface area (Å²) in [4.78, 5) is 14.7. The molecule has 14 heavy (non-hydrogen) atoms. The Balaban J connectivity index is 2.74. The van der Waals surface area contributed by atoms with Gasteiger partial charge in [0.2, 0.25) is 0 Å². The minimum Gasteiger partial charge on any atom is -0.289 e. The van der Waals surface area contributed by atoms with Crippen LogP contribution in [-0.2, 0) is 0 Å². The van der Waals surface area contributed by atoms with Gasteiger partial charge < -0.3 is 0 Å². The molecule has 0 aliphatic heterocycles. The third kappa shape index (κ3) is 3.38. The quantitative estimate of drug-likeness (QED) is 0.543. The van der Waals surface area contributed by atoms with Crippen molar-refractivity contribution < 1.29 is 18.0 Å². The van der Waals surface area contributed by atoms with E-state index in [-0.39, 0.29) is 11.6 Å². The highest BCUT2D eigenvalue weighted by Gasteiger charge is 2.22. The summed E-state index contributed by atoms with van der Waals surface area (Å²) in [6.45, 7) is 0. The summed E-state index contributed by atoms with van der Waals surface area (Å²) in [7, 11) is 0. The molecule has 2 nitrogen and oxygen atoms in total. The summed E-state index contributed by atoms with van der Waals surface area (Å²) in [6, 6.07) is 2.88. The van der Waals surface area contributed by atoms with E-state index >= 15 is 0 Å². The van der Waals surface area contributed by atoms with Gasteiger partial charge in [-0.3, -0.25) is 9.78 Å². The van der Waals surface area contributed by atoms with Crippen molar-refractivity contribution in [3.8, 4) is 0 Å². The van der Waals surface area contributed by atoms with Crippen molar-refractivity contribution in [3.63, 3.8) is 0 Å². The van der Waals surface area contributed by atoms with Crippen LogP contribution in [-0.4, -0.2) is 16.9 Å². The zero-order valence-corrected chi connectivity index (χ0v) is 6.95. The van der Waals surface area contributed by atoms with Crippen molar-refractivity contribution in [2.75, 3.05) is 0 Å². The zero-order chi connectivity index (χ0) is 10.6. The van der Waals surface area contributed by atoms with Gasteiger partial charge in [0.25, 0.3) is 0 Å². The van der Waals surface area contributed by atoms with Crippen LogP contribution in [0.15, 0.2) is 36.7 Å². The molecule has 0 aliphatic rings. The van der Waals surface area contributed by atoms with Crippen LogP contribution in [0.2, 0.25) is 0 Å². The third-order valence-electron chi connectivity index (χ3n) is 1.37. The normalized spacial score (nSPS) is 11.9. The maximum Gasteiger partial charge on any atom is 0.409 e. The van der Waals surface area contributed by atoms with Gasteiger partial charge in [0.05, 0.1) is 0 Å². The number of alkyl halides is 3. The van der Waals surface area contributed by atoms with Gasteiger partial charge in [0.15, 0.2) is 5.78 Å². The van der Waals surface area contributed by atoms with E-state index in [9.17, 15) is 18.0 Å². The Morgan fingerprint density at radius 2 is 2.14 bits per heavy atom. The minimum atomic E-state index is -4.46. The van der Waals surface area contributed by atoms with Gasteiger partial charge in [-0.25, -0.2) is 0 Å². The molecule has 1 aromatic heterocycles. The molecule has 1 heterocycles. The van der Waals surface area contributed by atoms with E-state index in [1.165, 1.54) is 24.5 Å². The van der Waals surface area contributed by atoms with Crippen LogP contribution in [0.1, 0.15) is 10.4 Å². The SMILES string of the molecule is O=C(/C=C/C(F)(F)F)c1cccnc1. The van der Waals surface area contributed by atoms with E-state index in [1.807, 2.05) is 0 Å². The van der Waals surface area contributed by atoms with Crippen LogP contribution >= 0.6 is 0 Å². The Morgan fingerprint density at radius 1 is 1.43 bits per heavy atom. The molecule has 0 unspecified atom stereocenters. The van der Waals surface area contributed by atoms with E-state index in [1.54, 1.807) is 0 Å². The monoisotopic (exact) mass is 201 g/mol. The first-order chi connectivity index (χ1) is 6.49. The molecule has 0 aromatic carbocycles. The fourth-order valence-electron chi connectivity index (χ4n) is 0.775. The number of hydrogen-bond donors (Lipinski definition) is 0. The number of halogens is 3. The molecular weight excluding hydrogens is 195 g/mol. The summed E-state index contributed by atoms with van der Waals surface area (Å²) in [6.07, 6.45) is -1.43. The number of carbonyl (C=O) groups excluding carboxylic acids is 1. The van der Waals surface area contributed by atoms with E-state index in [2.05, 4.69) is 4.98 Å². The Hall–Kier alpha value is -1.65. The molecule has 0 N–H and O–H groups in total. The third-order valence-corrected chi connectivity index (χ3v) is 1.37. The Labute approximate surface area is 78.1 Å². The second-order valence-electron chi connectivity index (χ2n) is 2.48. The van der Waals surface area contributed by atoms with E-state index in [0.717, 1.165) is 0 Å². The maximum atomic E-state index is 11.7. The molecule has 0 bridgehead atoms.